The van der Waals surface area contributed by atoms with Gasteiger partial charge in [-0.15, -0.1) is 0 Å². The summed E-state index contributed by atoms with van der Waals surface area (Å²) in [5.41, 5.74) is 9.25. The maximum Gasteiger partial charge on any atom is 0.269 e. The molecule has 11 heteroatoms. The largest absolute Gasteiger partial charge is 0.299 e. The summed E-state index contributed by atoms with van der Waals surface area (Å²) in [5, 5.41) is 25.2. The van der Waals surface area contributed by atoms with Crippen LogP contribution < -0.4 is 16.3 Å². The molecule has 0 aliphatic carbocycles. The molecule has 0 atom stereocenters. The van der Waals surface area contributed by atoms with Crippen molar-refractivity contribution in [1.29, 1.82) is 0 Å². The molecule has 2 rings (SSSR count). The second-order valence-electron chi connectivity index (χ2n) is 5.42. The van der Waals surface area contributed by atoms with Gasteiger partial charge >= 0.3 is 0 Å². The van der Waals surface area contributed by atoms with E-state index in [2.05, 4.69) is 21.4 Å². The maximum absolute atomic E-state index is 11.9. The van der Waals surface area contributed by atoms with E-state index in [1.165, 1.54) is 48.5 Å². The molecule has 0 fully saturated rings. The lowest BCUT2D eigenvalue weighted by Gasteiger charge is -2.08. The van der Waals surface area contributed by atoms with Gasteiger partial charge in [0.05, 0.1) is 27.6 Å². The van der Waals surface area contributed by atoms with Crippen LogP contribution in [0.3, 0.4) is 0 Å². The van der Waals surface area contributed by atoms with Crippen molar-refractivity contribution in [2.24, 2.45) is 5.10 Å². The Bertz CT molecular complexity index is 864. The minimum atomic E-state index is -0.514. The van der Waals surface area contributed by atoms with E-state index >= 15 is 0 Å². The van der Waals surface area contributed by atoms with Gasteiger partial charge in [0.2, 0.25) is 5.91 Å². The first kappa shape index (κ1) is 19.3. The average Bonchev–Trinajstić information content (AvgIpc) is 2.65. The van der Waals surface area contributed by atoms with Crippen molar-refractivity contribution >= 4 is 34.4 Å². The summed E-state index contributed by atoms with van der Waals surface area (Å²) in [6.45, 7) is 1.64. The Hall–Kier alpha value is -4.02. The monoisotopic (exact) mass is 372 g/mol. The van der Waals surface area contributed by atoms with Crippen LogP contribution in [0.4, 0.5) is 22.7 Å². The van der Waals surface area contributed by atoms with E-state index in [-0.39, 0.29) is 23.7 Å². The third kappa shape index (κ3) is 6.08. The molecule has 0 spiro atoms. The van der Waals surface area contributed by atoms with Gasteiger partial charge in [-0.05, 0) is 31.2 Å². The first-order valence-electron chi connectivity index (χ1n) is 7.68. The van der Waals surface area contributed by atoms with E-state index in [1.54, 1.807) is 6.92 Å². The second-order valence-corrected chi connectivity index (χ2v) is 5.42. The molecule has 2 aromatic rings. The van der Waals surface area contributed by atoms with Gasteiger partial charge < -0.3 is 0 Å². The lowest BCUT2D eigenvalue weighted by atomic mass is 10.3. The Morgan fingerprint density at radius 3 is 1.89 bits per heavy atom. The number of hydrogen-bond donors (Lipinski definition) is 3. The summed E-state index contributed by atoms with van der Waals surface area (Å²) in [6, 6.07) is 11.3. The smallest absolute Gasteiger partial charge is 0.269 e. The lowest BCUT2D eigenvalue weighted by molar-refractivity contribution is -0.385. The van der Waals surface area contributed by atoms with Gasteiger partial charge in [0.25, 0.3) is 11.4 Å². The lowest BCUT2D eigenvalue weighted by Crippen LogP contribution is -2.30. The standard InChI is InChI=1S/C16H16N6O5/c1-11(17-18-12-2-6-14(7-3-12)21(24)25)10-16(23)20-19-13-4-8-15(9-5-13)22(26)27/h2-9,18-19H,10H2,1H3,(H,20,23). The highest BCUT2D eigenvalue weighted by Crippen LogP contribution is 2.16. The molecule has 0 radical (unpaired) electrons. The number of rotatable bonds is 8. The SMILES string of the molecule is CC(CC(=O)NNc1ccc([N+](=O)[O-])cc1)=NNc1ccc([N+](=O)[O-])cc1. The van der Waals surface area contributed by atoms with Crippen molar-refractivity contribution in [1.82, 2.24) is 5.43 Å². The number of hydrazone groups is 1. The molecule has 3 N–H and O–H groups in total. The molecule has 1 amide bonds. The minimum absolute atomic E-state index is 0.0000370. The topological polar surface area (TPSA) is 152 Å². The normalized spacial score (nSPS) is 10.8. The van der Waals surface area contributed by atoms with Crippen LogP contribution in [0.1, 0.15) is 13.3 Å². The van der Waals surface area contributed by atoms with Gasteiger partial charge in [-0.2, -0.15) is 5.10 Å². The Labute approximate surface area is 153 Å². The van der Waals surface area contributed by atoms with Crippen molar-refractivity contribution in [2.45, 2.75) is 13.3 Å². The number of nitro groups is 2. The number of nitrogens with one attached hydrogen (secondary N) is 3. The first-order valence-corrected chi connectivity index (χ1v) is 7.68. The van der Waals surface area contributed by atoms with Gasteiger partial charge in [-0.1, -0.05) is 0 Å². The Morgan fingerprint density at radius 1 is 0.926 bits per heavy atom. The fourth-order valence-electron chi connectivity index (χ4n) is 1.94. The second kappa shape index (κ2) is 8.89. The van der Waals surface area contributed by atoms with Crippen LogP contribution in [0.15, 0.2) is 53.6 Å². The molecule has 0 saturated heterocycles. The Balaban J connectivity index is 1.81. The summed E-state index contributed by atoms with van der Waals surface area (Å²) in [4.78, 5) is 32.0. The third-order valence-electron chi connectivity index (χ3n) is 3.29. The third-order valence-corrected chi connectivity index (χ3v) is 3.29. The highest BCUT2D eigenvalue weighted by Gasteiger charge is 2.07. The zero-order chi connectivity index (χ0) is 19.8. The van der Waals surface area contributed by atoms with Crippen LogP contribution in [0.5, 0.6) is 0 Å². The summed E-state index contributed by atoms with van der Waals surface area (Å²) in [5.74, 6) is -0.361. The molecule has 0 unspecified atom stereocenters. The molecule has 140 valence electrons. The number of anilines is 2. The number of nitro benzene ring substituents is 2. The highest BCUT2D eigenvalue weighted by molar-refractivity contribution is 6.00. The number of carbonyl (C=O) groups excluding carboxylic acids is 1. The minimum Gasteiger partial charge on any atom is -0.299 e. The maximum atomic E-state index is 11.9. The van der Waals surface area contributed by atoms with Crippen LogP contribution >= 0.6 is 0 Å². The average molecular weight is 372 g/mol. The molecule has 11 nitrogen and oxygen atoms in total. The summed E-state index contributed by atoms with van der Waals surface area (Å²) < 4.78 is 0. The van der Waals surface area contributed by atoms with Gasteiger partial charge in [0.15, 0.2) is 0 Å². The molecular weight excluding hydrogens is 356 g/mol. The van der Waals surface area contributed by atoms with Crippen molar-refractivity contribution in [3.05, 3.63) is 68.8 Å². The van der Waals surface area contributed by atoms with Gasteiger partial charge in [0, 0.05) is 30.0 Å². The van der Waals surface area contributed by atoms with Gasteiger partial charge in [-0.3, -0.25) is 41.3 Å². The van der Waals surface area contributed by atoms with Crippen molar-refractivity contribution in [3.63, 3.8) is 0 Å². The van der Waals surface area contributed by atoms with E-state index in [1.807, 2.05) is 0 Å². The van der Waals surface area contributed by atoms with E-state index in [9.17, 15) is 25.0 Å². The predicted molar refractivity (Wildman–Crippen MR) is 99.3 cm³/mol. The van der Waals surface area contributed by atoms with Crippen LogP contribution in [-0.2, 0) is 4.79 Å². The Kier molecular flexibility index (Phi) is 6.36. The number of nitrogens with zero attached hydrogens (tertiary/aromatic N) is 3. The van der Waals surface area contributed by atoms with E-state index in [0.717, 1.165) is 0 Å². The predicted octanol–water partition coefficient (Wildman–Crippen LogP) is 2.82. The summed E-state index contributed by atoms with van der Waals surface area (Å²) in [7, 11) is 0. The summed E-state index contributed by atoms with van der Waals surface area (Å²) >= 11 is 0. The van der Waals surface area contributed by atoms with Gasteiger partial charge in [-0.25, -0.2) is 0 Å². The first-order chi connectivity index (χ1) is 12.8. The molecule has 0 saturated carbocycles. The number of non-ortho nitro benzene ring substituents is 2. The van der Waals surface area contributed by atoms with Crippen molar-refractivity contribution < 1.29 is 14.6 Å². The molecule has 0 bridgehead atoms. The number of hydrogen-bond acceptors (Lipinski definition) is 8. The fraction of sp³-hybridized carbons (Fsp3) is 0.125. The molecule has 2 aromatic carbocycles. The van der Waals surface area contributed by atoms with Crippen LogP contribution in [0, 0.1) is 20.2 Å². The molecule has 27 heavy (non-hydrogen) atoms. The molecule has 0 aliphatic heterocycles. The van der Waals surface area contributed by atoms with E-state index in [4.69, 9.17) is 0 Å². The highest BCUT2D eigenvalue weighted by atomic mass is 16.6. The van der Waals surface area contributed by atoms with Crippen molar-refractivity contribution in [3.8, 4) is 0 Å². The Morgan fingerprint density at radius 2 is 1.41 bits per heavy atom. The number of amides is 1. The van der Waals surface area contributed by atoms with Crippen LogP contribution in [0.25, 0.3) is 0 Å². The zero-order valence-electron chi connectivity index (χ0n) is 14.2. The van der Waals surface area contributed by atoms with Gasteiger partial charge in [0.1, 0.15) is 0 Å². The number of benzene rings is 2. The van der Waals surface area contributed by atoms with Crippen LogP contribution in [-0.4, -0.2) is 21.5 Å². The molecule has 0 aromatic heterocycles. The quantitative estimate of drug-likeness (QED) is 0.366. The van der Waals surface area contributed by atoms with Crippen LogP contribution in [0.2, 0.25) is 0 Å². The number of carbonyl (C=O) groups is 1. The summed E-state index contributed by atoms with van der Waals surface area (Å²) in [6.07, 6.45) is -0.0000370. The fourth-order valence-corrected chi connectivity index (χ4v) is 1.94. The van der Waals surface area contributed by atoms with E-state index < -0.39 is 9.85 Å². The number of hydrazine groups is 1. The molecular formula is C16H16N6O5. The van der Waals surface area contributed by atoms with E-state index in [0.29, 0.717) is 17.1 Å². The molecule has 0 aliphatic rings. The molecule has 0 heterocycles. The van der Waals surface area contributed by atoms with Crippen molar-refractivity contribution in [2.75, 3.05) is 10.9 Å². The zero-order valence-corrected chi connectivity index (χ0v) is 14.2.